The third-order valence-electron chi connectivity index (χ3n) is 5.67. The van der Waals surface area contributed by atoms with Crippen LogP contribution in [0, 0.1) is 11.8 Å². The monoisotopic (exact) mass is 439 g/mol. The highest BCUT2D eigenvalue weighted by Gasteiger charge is 2.43. The molecule has 0 spiro atoms. The van der Waals surface area contributed by atoms with Crippen LogP contribution in [-0.4, -0.2) is 71.3 Å². The van der Waals surface area contributed by atoms with Gasteiger partial charge in [-0.25, -0.2) is 9.59 Å². The van der Waals surface area contributed by atoms with Crippen LogP contribution >= 0.6 is 0 Å². The molecule has 0 aliphatic carbocycles. The zero-order chi connectivity index (χ0) is 23.4. The number of nitrogens with one attached hydrogen (secondary N) is 1. The summed E-state index contributed by atoms with van der Waals surface area (Å²) in [5.74, 6) is 0.114. The molecule has 0 aromatic carbocycles. The van der Waals surface area contributed by atoms with E-state index in [1.165, 1.54) is 0 Å². The van der Waals surface area contributed by atoms with Gasteiger partial charge in [-0.15, -0.1) is 0 Å². The Morgan fingerprint density at radius 2 is 1.61 bits per heavy atom. The molecule has 1 N–H and O–H groups in total. The largest absolute Gasteiger partial charge is 0.444 e. The topological polar surface area (TPSA) is 88.2 Å². The summed E-state index contributed by atoms with van der Waals surface area (Å²) in [5.41, 5.74) is -1.09. The van der Waals surface area contributed by atoms with Crippen molar-refractivity contribution in [1.29, 1.82) is 0 Å². The Hall–Kier alpha value is -1.99. The van der Waals surface area contributed by atoms with Gasteiger partial charge < -0.3 is 24.6 Å². The van der Waals surface area contributed by atoms with Gasteiger partial charge in [-0.1, -0.05) is 6.92 Å². The second kappa shape index (κ2) is 10.1. The molecular weight excluding hydrogens is 398 g/mol. The van der Waals surface area contributed by atoms with E-state index in [9.17, 15) is 14.4 Å². The lowest BCUT2D eigenvalue weighted by atomic mass is 9.93. The summed E-state index contributed by atoms with van der Waals surface area (Å²) in [4.78, 5) is 41.5. The maximum atomic E-state index is 13.3. The predicted molar refractivity (Wildman–Crippen MR) is 119 cm³/mol. The average Bonchev–Trinajstić information content (AvgIpc) is 3.07. The van der Waals surface area contributed by atoms with Crippen molar-refractivity contribution in [3.8, 4) is 0 Å². The summed E-state index contributed by atoms with van der Waals surface area (Å²) in [6, 6.07) is -0.136. The van der Waals surface area contributed by atoms with Gasteiger partial charge in [0.25, 0.3) is 0 Å². The maximum Gasteiger partial charge on any atom is 0.410 e. The van der Waals surface area contributed by atoms with Crippen molar-refractivity contribution in [3.63, 3.8) is 0 Å². The van der Waals surface area contributed by atoms with Gasteiger partial charge >= 0.3 is 12.2 Å². The standard InChI is InChI=1S/C23H41N3O5/c1-8-18-17(11-13-26(18)21(29)31-23(5,6)7)19(27)25-12-9-10-16(15-25)14-24-20(28)30-22(2,3)4/h16-18H,8-15H2,1-7H3,(H,24,28)/t16-,17+,18+/m0/s1. The van der Waals surface area contributed by atoms with Crippen LogP contribution in [0.2, 0.25) is 0 Å². The molecule has 2 aliphatic rings. The molecule has 0 radical (unpaired) electrons. The van der Waals surface area contributed by atoms with Crippen LogP contribution in [0.5, 0.6) is 0 Å². The van der Waals surface area contributed by atoms with Gasteiger partial charge in [-0.2, -0.15) is 0 Å². The molecule has 2 heterocycles. The summed E-state index contributed by atoms with van der Waals surface area (Å²) >= 11 is 0. The number of carbonyl (C=O) groups is 3. The third kappa shape index (κ3) is 7.58. The molecule has 31 heavy (non-hydrogen) atoms. The lowest BCUT2D eigenvalue weighted by Gasteiger charge is -2.36. The number of hydrogen-bond acceptors (Lipinski definition) is 5. The minimum Gasteiger partial charge on any atom is -0.444 e. The first-order valence-corrected chi connectivity index (χ1v) is 11.6. The van der Waals surface area contributed by atoms with Gasteiger partial charge in [0, 0.05) is 32.2 Å². The number of piperidine rings is 1. The van der Waals surface area contributed by atoms with Crippen LogP contribution in [0.4, 0.5) is 9.59 Å². The van der Waals surface area contributed by atoms with Crippen molar-refractivity contribution in [2.45, 2.75) is 91.4 Å². The van der Waals surface area contributed by atoms with Crippen LogP contribution in [0.3, 0.4) is 0 Å². The van der Waals surface area contributed by atoms with Crippen molar-refractivity contribution in [2.24, 2.45) is 11.8 Å². The van der Waals surface area contributed by atoms with Crippen molar-refractivity contribution in [3.05, 3.63) is 0 Å². The molecule has 0 aromatic heterocycles. The van der Waals surface area contributed by atoms with E-state index in [4.69, 9.17) is 9.47 Å². The Morgan fingerprint density at radius 3 is 2.19 bits per heavy atom. The number of amides is 3. The Labute approximate surface area is 187 Å². The Bertz CT molecular complexity index is 653. The number of rotatable bonds is 4. The predicted octanol–water partition coefficient (Wildman–Crippen LogP) is 3.79. The SMILES string of the molecule is CC[C@@H]1[C@H](C(=O)N2CCC[C@@H](CNC(=O)OC(C)(C)C)C2)CCN1C(=O)OC(C)(C)C. The first-order chi connectivity index (χ1) is 14.3. The molecule has 0 unspecified atom stereocenters. The fourth-order valence-corrected chi connectivity index (χ4v) is 4.40. The highest BCUT2D eigenvalue weighted by Crippen LogP contribution is 2.31. The number of likely N-dealkylation sites (tertiary alicyclic amines) is 2. The van der Waals surface area contributed by atoms with Gasteiger partial charge in [0.1, 0.15) is 11.2 Å². The van der Waals surface area contributed by atoms with Gasteiger partial charge in [0.05, 0.1) is 5.92 Å². The van der Waals surface area contributed by atoms with Crippen LogP contribution in [0.15, 0.2) is 0 Å². The summed E-state index contributed by atoms with van der Waals surface area (Å²) in [6.45, 7) is 15.4. The maximum absolute atomic E-state index is 13.3. The first kappa shape index (κ1) is 25.3. The van der Waals surface area contributed by atoms with Crippen molar-refractivity contribution < 1.29 is 23.9 Å². The Kier molecular flexibility index (Phi) is 8.22. The van der Waals surface area contributed by atoms with E-state index in [0.717, 1.165) is 19.4 Å². The summed E-state index contributed by atoms with van der Waals surface area (Å²) < 4.78 is 10.8. The van der Waals surface area contributed by atoms with E-state index in [1.807, 2.05) is 53.4 Å². The fourth-order valence-electron chi connectivity index (χ4n) is 4.40. The van der Waals surface area contributed by atoms with Gasteiger partial charge in [0.2, 0.25) is 5.91 Å². The first-order valence-electron chi connectivity index (χ1n) is 11.6. The fraction of sp³-hybridized carbons (Fsp3) is 0.870. The van der Waals surface area contributed by atoms with E-state index < -0.39 is 17.3 Å². The number of nitrogens with zero attached hydrogens (tertiary/aromatic N) is 2. The summed E-state index contributed by atoms with van der Waals surface area (Å²) in [7, 11) is 0. The van der Waals surface area contributed by atoms with Crippen molar-refractivity contribution in [1.82, 2.24) is 15.1 Å². The van der Waals surface area contributed by atoms with Crippen molar-refractivity contribution >= 4 is 18.1 Å². The van der Waals surface area contributed by atoms with Crippen LogP contribution in [-0.2, 0) is 14.3 Å². The van der Waals surface area contributed by atoms with E-state index in [2.05, 4.69) is 5.32 Å². The second-order valence-corrected chi connectivity index (χ2v) is 10.7. The van der Waals surface area contributed by atoms with Crippen molar-refractivity contribution in [2.75, 3.05) is 26.2 Å². The molecule has 178 valence electrons. The average molecular weight is 440 g/mol. The summed E-state index contributed by atoms with van der Waals surface area (Å²) in [5, 5.41) is 2.83. The van der Waals surface area contributed by atoms with E-state index in [-0.39, 0.29) is 29.9 Å². The molecule has 0 saturated carbocycles. The molecule has 3 amide bonds. The number of hydrogen-bond donors (Lipinski definition) is 1. The van der Waals surface area contributed by atoms with Crippen LogP contribution in [0.25, 0.3) is 0 Å². The lowest BCUT2D eigenvalue weighted by molar-refractivity contribution is -0.138. The van der Waals surface area contributed by atoms with Gasteiger partial charge in [0.15, 0.2) is 0 Å². The smallest absolute Gasteiger partial charge is 0.410 e. The molecular formula is C23H41N3O5. The summed E-state index contributed by atoms with van der Waals surface area (Å²) in [6.07, 6.45) is 2.48. The number of alkyl carbamates (subject to hydrolysis) is 1. The molecule has 2 rings (SSSR count). The Morgan fingerprint density at radius 1 is 0.968 bits per heavy atom. The highest BCUT2D eigenvalue weighted by molar-refractivity contribution is 5.81. The van der Waals surface area contributed by atoms with Gasteiger partial charge in [-0.05, 0) is 73.1 Å². The zero-order valence-electron chi connectivity index (χ0n) is 20.3. The van der Waals surface area contributed by atoms with E-state index >= 15 is 0 Å². The van der Waals surface area contributed by atoms with Crippen LogP contribution in [0.1, 0.15) is 74.1 Å². The lowest BCUT2D eigenvalue weighted by Crippen LogP contribution is -2.49. The quantitative estimate of drug-likeness (QED) is 0.720. The normalized spacial score (nSPS) is 24.7. The molecule has 8 nitrogen and oxygen atoms in total. The minimum absolute atomic E-state index is 0.111. The molecule has 2 aliphatic heterocycles. The zero-order valence-corrected chi connectivity index (χ0v) is 20.3. The Balaban J connectivity index is 1.93. The molecule has 2 fully saturated rings. The van der Waals surface area contributed by atoms with E-state index in [0.29, 0.717) is 32.5 Å². The molecule has 2 saturated heterocycles. The van der Waals surface area contributed by atoms with E-state index in [1.54, 1.807) is 4.90 Å². The highest BCUT2D eigenvalue weighted by atomic mass is 16.6. The molecule has 8 heteroatoms. The van der Waals surface area contributed by atoms with Gasteiger partial charge in [-0.3, -0.25) is 4.79 Å². The third-order valence-corrected chi connectivity index (χ3v) is 5.67. The second-order valence-electron chi connectivity index (χ2n) is 10.7. The molecule has 0 bridgehead atoms. The molecule has 3 atom stereocenters. The molecule has 0 aromatic rings. The number of ether oxygens (including phenoxy) is 2. The van der Waals surface area contributed by atoms with Crippen LogP contribution < -0.4 is 5.32 Å². The minimum atomic E-state index is -0.557. The number of carbonyl (C=O) groups excluding carboxylic acids is 3.